The van der Waals surface area contributed by atoms with Gasteiger partial charge in [-0.3, -0.25) is 4.79 Å². The van der Waals surface area contributed by atoms with Crippen molar-refractivity contribution in [3.8, 4) is 17.6 Å². The van der Waals surface area contributed by atoms with Gasteiger partial charge >= 0.3 is 0 Å². The first-order valence-electron chi connectivity index (χ1n) is 6.68. The van der Waals surface area contributed by atoms with Gasteiger partial charge in [0.05, 0.1) is 5.69 Å². The van der Waals surface area contributed by atoms with E-state index in [0.29, 0.717) is 22.8 Å². The average molecular weight is 295 g/mol. The van der Waals surface area contributed by atoms with Crippen LogP contribution in [0.25, 0.3) is 6.08 Å². The zero-order chi connectivity index (χ0) is 15.7. The molecule has 6 heteroatoms. The number of allylic oxidation sites excluding steroid dienone is 1. The highest BCUT2D eigenvalue weighted by molar-refractivity contribution is 6.03. The van der Waals surface area contributed by atoms with Gasteiger partial charge in [-0.05, 0) is 43.7 Å². The number of rotatable bonds is 2. The molecule has 0 spiro atoms. The van der Waals surface area contributed by atoms with E-state index in [1.54, 1.807) is 38.1 Å². The van der Waals surface area contributed by atoms with Crippen molar-refractivity contribution in [2.45, 2.75) is 13.8 Å². The Balaban J connectivity index is 1.95. The first-order valence-corrected chi connectivity index (χ1v) is 6.68. The van der Waals surface area contributed by atoms with Crippen molar-refractivity contribution in [2.24, 2.45) is 0 Å². The van der Waals surface area contributed by atoms with Crippen LogP contribution in [0.5, 0.6) is 11.5 Å². The Bertz CT molecular complexity index is 828. The second-order valence-electron chi connectivity index (χ2n) is 4.93. The van der Waals surface area contributed by atoms with E-state index < -0.39 is 5.91 Å². The summed E-state index contributed by atoms with van der Waals surface area (Å²) >= 11 is 0. The standard InChI is InChI=1S/C16H13N3O3/c1-10-5-11(2)19(18-10)16(20)13(8-17)6-12-3-4-14-15(7-12)22-9-21-14/h3-7H,9H2,1-2H3/b13-6+. The molecule has 110 valence electrons. The van der Waals surface area contributed by atoms with Gasteiger partial charge in [-0.1, -0.05) is 6.07 Å². The van der Waals surface area contributed by atoms with E-state index in [-0.39, 0.29) is 12.4 Å². The molecule has 1 aliphatic rings. The van der Waals surface area contributed by atoms with Gasteiger partial charge in [0.2, 0.25) is 6.79 Å². The van der Waals surface area contributed by atoms with Crippen LogP contribution in [0.1, 0.15) is 21.7 Å². The lowest BCUT2D eigenvalue weighted by Crippen LogP contribution is -2.15. The molecule has 1 aromatic carbocycles. The number of hydrogen-bond donors (Lipinski definition) is 0. The summed E-state index contributed by atoms with van der Waals surface area (Å²) < 4.78 is 11.7. The van der Waals surface area contributed by atoms with Crippen molar-refractivity contribution in [3.63, 3.8) is 0 Å². The van der Waals surface area contributed by atoms with Crippen LogP contribution in [0.15, 0.2) is 29.8 Å². The van der Waals surface area contributed by atoms with E-state index in [4.69, 9.17) is 9.47 Å². The van der Waals surface area contributed by atoms with Crippen LogP contribution in [-0.4, -0.2) is 22.5 Å². The van der Waals surface area contributed by atoms with Gasteiger partial charge in [-0.25, -0.2) is 4.68 Å². The number of carbonyl (C=O) groups excluding carboxylic acids is 1. The monoisotopic (exact) mass is 295 g/mol. The van der Waals surface area contributed by atoms with Gasteiger partial charge in [-0.15, -0.1) is 0 Å². The minimum Gasteiger partial charge on any atom is -0.454 e. The van der Waals surface area contributed by atoms with E-state index in [1.807, 2.05) is 6.07 Å². The lowest BCUT2D eigenvalue weighted by atomic mass is 10.1. The molecule has 0 bridgehead atoms. The molecule has 2 aromatic rings. The predicted molar refractivity (Wildman–Crippen MR) is 78.5 cm³/mol. The van der Waals surface area contributed by atoms with Crippen molar-refractivity contribution in [3.05, 3.63) is 46.8 Å². The first-order chi connectivity index (χ1) is 10.6. The summed E-state index contributed by atoms with van der Waals surface area (Å²) in [7, 11) is 0. The normalized spacial score (nSPS) is 13.0. The Labute approximate surface area is 127 Å². The Hall–Kier alpha value is -3.07. The van der Waals surface area contributed by atoms with Gasteiger partial charge in [0, 0.05) is 5.69 Å². The molecule has 2 heterocycles. The molecule has 0 N–H and O–H groups in total. The number of nitrogens with zero attached hydrogens (tertiary/aromatic N) is 3. The maximum absolute atomic E-state index is 12.4. The van der Waals surface area contributed by atoms with Crippen LogP contribution in [0.4, 0.5) is 0 Å². The number of hydrogen-bond acceptors (Lipinski definition) is 5. The van der Waals surface area contributed by atoms with Crippen molar-refractivity contribution in [1.29, 1.82) is 5.26 Å². The summed E-state index contributed by atoms with van der Waals surface area (Å²) in [6, 6.07) is 8.96. The second kappa shape index (κ2) is 5.37. The first kappa shape index (κ1) is 13.9. The number of fused-ring (bicyclic) bond motifs is 1. The molecule has 0 atom stereocenters. The van der Waals surface area contributed by atoms with E-state index >= 15 is 0 Å². The molecule has 6 nitrogen and oxygen atoms in total. The molecule has 0 unspecified atom stereocenters. The Morgan fingerprint density at radius 1 is 1.32 bits per heavy atom. The fraction of sp³-hybridized carbons (Fsp3) is 0.188. The third-order valence-corrected chi connectivity index (χ3v) is 3.26. The maximum Gasteiger partial charge on any atom is 0.289 e. The number of aryl methyl sites for hydroxylation is 2. The van der Waals surface area contributed by atoms with Crippen LogP contribution < -0.4 is 9.47 Å². The van der Waals surface area contributed by atoms with Crippen LogP contribution >= 0.6 is 0 Å². The molecule has 22 heavy (non-hydrogen) atoms. The Morgan fingerprint density at radius 2 is 2.09 bits per heavy atom. The Morgan fingerprint density at radius 3 is 2.77 bits per heavy atom. The Kier molecular flexibility index (Phi) is 3.39. The quantitative estimate of drug-likeness (QED) is 0.628. The van der Waals surface area contributed by atoms with Gasteiger partial charge in [0.15, 0.2) is 11.5 Å². The SMILES string of the molecule is Cc1cc(C)n(C(=O)/C(C#N)=C/c2ccc3c(c2)OCO3)n1. The summed E-state index contributed by atoms with van der Waals surface area (Å²) in [6.07, 6.45) is 1.51. The lowest BCUT2D eigenvalue weighted by molar-refractivity contribution is 0.0943. The van der Waals surface area contributed by atoms with Crippen LogP contribution in [0.2, 0.25) is 0 Å². The van der Waals surface area contributed by atoms with Crippen molar-refractivity contribution >= 4 is 12.0 Å². The second-order valence-corrected chi connectivity index (χ2v) is 4.93. The van der Waals surface area contributed by atoms with E-state index in [9.17, 15) is 10.1 Å². The maximum atomic E-state index is 12.4. The molecule has 0 amide bonds. The third kappa shape index (κ3) is 2.44. The largest absolute Gasteiger partial charge is 0.454 e. The number of aromatic nitrogens is 2. The molecule has 0 radical (unpaired) electrons. The highest BCUT2D eigenvalue weighted by atomic mass is 16.7. The summed E-state index contributed by atoms with van der Waals surface area (Å²) in [6.45, 7) is 3.75. The van der Waals surface area contributed by atoms with Gasteiger partial charge in [0.1, 0.15) is 11.6 Å². The lowest BCUT2D eigenvalue weighted by Gasteiger charge is -2.02. The minimum absolute atomic E-state index is 0.00469. The molecular weight excluding hydrogens is 282 g/mol. The van der Waals surface area contributed by atoms with Crippen LogP contribution in [0, 0.1) is 25.2 Å². The molecule has 0 fully saturated rings. The molecule has 1 aliphatic heterocycles. The van der Waals surface area contributed by atoms with Gasteiger partial charge in [-0.2, -0.15) is 10.4 Å². The van der Waals surface area contributed by atoms with E-state index in [2.05, 4.69) is 5.10 Å². The molecular formula is C16H13N3O3. The van der Waals surface area contributed by atoms with Gasteiger partial charge < -0.3 is 9.47 Å². The highest BCUT2D eigenvalue weighted by Gasteiger charge is 2.17. The van der Waals surface area contributed by atoms with Crippen LogP contribution in [0.3, 0.4) is 0 Å². The molecule has 0 saturated carbocycles. The van der Waals surface area contributed by atoms with Crippen LogP contribution in [-0.2, 0) is 0 Å². The summed E-state index contributed by atoms with van der Waals surface area (Å²) in [5, 5.41) is 13.4. The van der Waals surface area contributed by atoms with Crippen molar-refractivity contribution in [1.82, 2.24) is 9.78 Å². The highest BCUT2D eigenvalue weighted by Crippen LogP contribution is 2.33. The number of carbonyl (C=O) groups is 1. The fourth-order valence-corrected chi connectivity index (χ4v) is 2.26. The number of benzene rings is 1. The van der Waals surface area contributed by atoms with Crippen molar-refractivity contribution < 1.29 is 14.3 Å². The minimum atomic E-state index is -0.453. The fourth-order valence-electron chi connectivity index (χ4n) is 2.26. The third-order valence-electron chi connectivity index (χ3n) is 3.26. The number of nitriles is 1. The number of ether oxygens (including phenoxy) is 2. The smallest absolute Gasteiger partial charge is 0.289 e. The molecule has 0 aliphatic carbocycles. The topological polar surface area (TPSA) is 77.1 Å². The zero-order valence-electron chi connectivity index (χ0n) is 12.2. The molecule has 3 rings (SSSR count). The summed E-state index contributed by atoms with van der Waals surface area (Å²) in [5.41, 5.74) is 2.11. The summed E-state index contributed by atoms with van der Waals surface area (Å²) in [4.78, 5) is 12.4. The summed E-state index contributed by atoms with van der Waals surface area (Å²) in [5.74, 6) is 0.802. The molecule has 1 aromatic heterocycles. The zero-order valence-corrected chi connectivity index (χ0v) is 12.2. The van der Waals surface area contributed by atoms with Crippen molar-refractivity contribution in [2.75, 3.05) is 6.79 Å². The average Bonchev–Trinajstić information content (AvgIpc) is 3.09. The predicted octanol–water partition coefficient (Wildman–Crippen LogP) is 2.48. The van der Waals surface area contributed by atoms with E-state index in [0.717, 1.165) is 5.69 Å². The van der Waals surface area contributed by atoms with Gasteiger partial charge in [0.25, 0.3) is 5.91 Å². The molecule has 0 saturated heterocycles. The van der Waals surface area contributed by atoms with E-state index in [1.165, 1.54) is 10.8 Å².